The van der Waals surface area contributed by atoms with Gasteiger partial charge in [0.25, 0.3) is 5.91 Å². The van der Waals surface area contributed by atoms with E-state index in [2.05, 4.69) is 0 Å². The SMILES string of the molecule is CCOc1cc(/C=C2/SC(=S)N(c3ccc(C)cc3C)C2=O)cc(Cl)c1OCc1ccccc1. The van der Waals surface area contributed by atoms with Crippen LogP contribution in [-0.4, -0.2) is 16.8 Å². The van der Waals surface area contributed by atoms with Gasteiger partial charge in [-0.25, -0.2) is 0 Å². The van der Waals surface area contributed by atoms with Crippen LogP contribution in [0.5, 0.6) is 11.5 Å². The number of aryl methyl sites for hydroxylation is 2. The highest BCUT2D eigenvalue weighted by Crippen LogP contribution is 2.41. The Morgan fingerprint density at radius 2 is 1.82 bits per heavy atom. The van der Waals surface area contributed by atoms with Crippen molar-refractivity contribution in [1.82, 2.24) is 0 Å². The van der Waals surface area contributed by atoms with E-state index in [9.17, 15) is 4.79 Å². The van der Waals surface area contributed by atoms with Crippen molar-refractivity contribution in [3.63, 3.8) is 0 Å². The number of anilines is 1. The van der Waals surface area contributed by atoms with Crippen LogP contribution in [0.15, 0.2) is 65.6 Å². The minimum absolute atomic E-state index is 0.152. The average molecular weight is 510 g/mol. The van der Waals surface area contributed by atoms with E-state index in [1.165, 1.54) is 11.8 Å². The van der Waals surface area contributed by atoms with E-state index in [-0.39, 0.29) is 5.91 Å². The molecule has 0 N–H and O–H groups in total. The van der Waals surface area contributed by atoms with Crippen LogP contribution in [0.4, 0.5) is 5.69 Å². The molecule has 3 aromatic carbocycles. The van der Waals surface area contributed by atoms with Gasteiger partial charge in [-0.05, 0) is 61.7 Å². The third-order valence-electron chi connectivity index (χ3n) is 5.24. The van der Waals surface area contributed by atoms with Gasteiger partial charge in [-0.3, -0.25) is 9.69 Å². The molecule has 1 heterocycles. The molecule has 0 aromatic heterocycles. The lowest BCUT2D eigenvalue weighted by Gasteiger charge is -2.17. The molecule has 34 heavy (non-hydrogen) atoms. The van der Waals surface area contributed by atoms with E-state index in [1.54, 1.807) is 17.0 Å². The number of hydrogen-bond donors (Lipinski definition) is 0. The summed E-state index contributed by atoms with van der Waals surface area (Å²) in [5.74, 6) is 0.856. The molecule has 1 amide bonds. The molecular formula is C27H24ClNO3S2. The Balaban J connectivity index is 1.62. The van der Waals surface area contributed by atoms with E-state index >= 15 is 0 Å². The number of rotatable bonds is 7. The fraction of sp³-hybridized carbons (Fsp3) is 0.185. The summed E-state index contributed by atoms with van der Waals surface area (Å²) in [6, 6.07) is 19.4. The van der Waals surface area contributed by atoms with Crippen LogP contribution < -0.4 is 14.4 Å². The molecule has 1 aliphatic rings. The first-order chi connectivity index (χ1) is 16.4. The van der Waals surface area contributed by atoms with Crippen LogP contribution in [0, 0.1) is 13.8 Å². The number of hydrogen-bond acceptors (Lipinski definition) is 5. The molecule has 0 atom stereocenters. The van der Waals surface area contributed by atoms with Gasteiger partial charge in [-0.1, -0.05) is 83.6 Å². The van der Waals surface area contributed by atoms with Gasteiger partial charge in [0.1, 0.15) is 6.61 Å². The second kappa shape index (κ2) is 10.6. The predicted molar refractivity (Wildman–Crippen MR) is 145 cm³/mol. The molecule has 0 spiro atoms. The molecule has 7 heteroatoms. The van der Waals surface area contributed by atoms with Gasteiger partial charge in [0.2, 0.25) is 0 Å². The molecule has 1 fully saturated rings. The largest absolute Gasteiger partial charge is 0.490 e. The summed E-state index contributed by atoms with van der Waals surface area (Å²) in [5, 5.41) is 0.415. The lowest BCUT2D eigenvalue weighted by Crippen LogP contribution is -2.28. The number of halogens is 1. The zero-order chi connectivity index (χ0) is 24.2. The molecule has 0 aliphatic carbocycles. The molecule has 0 radical (unpaired) electrons. The zero-order valence-corrected chi connectivity index (χ0v) is 21.5. The topological polar surface area (TPSA) is 38.8 Å². The number of thiocarbonyl (C=S) groups is 1. The highest BCUT2D eigenvalue weighted by atomic mass is 35.5. The number of nitrogens with zero attached hydrogens (tertiary/aromatic N) is 1. The molecule has 4 rings (SSSR count). The maximum atomic E-state index is 13.2. The maximum Gasteiger partial charge on any atom is 0.270 e. The second-order valence-electron chi connectivity index (χ2n) is 7.84. The monoisotopic (exact) mass is 509 g/mol. The van der Waals surface area contributed by atoms with E-state index in [4.69, 9.17) is 33.3 Å². The van der Waals surface area contributed by atoms with Crippen LogP contribution in [-0.2, 0) is 11.4 Å². The molecule has 0 unspecified atom stereocenters. The molecule has 1 aliphatic heterocycles. The Morgan fingerprint density at radius 3 is 2.53 bits per heavy atom. The van der Waals surface area contributed by atoms with Crippen molar-refractivity contribution < 1.29 is 14.3 Å². The van der Waals surface area contributed by atoms with Gasteiger partial charge in [-0.2, -0.15) is 0 Å². The van der Waals surface area contributed by atoms with Gasteiger partial charge in [0.15, 0.2) is 15.8 Å². The van der Waals surface area contributed by atoms with E-state index < -0.39 is 0 Å². The maximum absolute atomic E-state index is 13.2. The van der Waals surface area contributed by atoms with Crippen molar-refractivity contribution in [1.29, 1.82) is 0 Å². The second-order valence-corrected chi connectivity index (χ2v) is 9.93. The first-order valence-corrected chi connectivity index (χ1v) is 12.5. The van der Waals surface area contributed by atoms with Crippen molar-refractivity contribution in [2.45, 2.75) is 27.4 Å². The summed E-state index contributed by atoms with van der Waals surface area (Å²) in [6.07, 6.45) is 1.79. The third-order valence-corrected chi connectivity index (χ3v) is 6.83. The summed E-state index contributed by atoms with van der Waals surface area (Å²) >= 11 is 13.4. The quantitative estimate of drug-likeness (QED) is 0.246. The normalized spacial score (nSPS) is 14.7. The average Bonchev–Trinajstić information content (AvgIpc) is 3.07. The molecular weight excluding hydrogens is 486 g/mol. The van der Waals surface area contributed by atoms with Gasteiger partial charge >= 0.3 is 0 Å². The summed E-state index contributed by atoms with van der Waals surface area (Å²) in [7, 11) is 0. The van der Waals surface area contributed by atoms with Crippen molar-refractivity contribution in [3.8, 4) is 11.5 Å². The highest BCUT2D eigenvalue weighted by molar-refractivity contribution is 8.27. The number of carbonyl (C=O) groups excluding carboxylic acids is 1. The number of benzene rings is 3. The Bertz CT molecular complexity index is 1270. The van der Waals surface area contributed by atoms with E-state index in [0.717, 1.165) is 27.9 Å². The summed E-state index contributed by atoms with van der Waals surface area (Å²) in [4.78, 5) is 15.4. The minimum atomic E-state index is -0.152. The lowest BCUT2D eigenvalue weighted by molar-refractivity contribution is -0.113. The standard InChI is InChI=1S/C27H24ClNO3S2/c1-4-31-23-14-20(13-21(28)25(23)32-16-19-8-6-5-7-9-19)15-24-26(30)29(27(33)34-24)22-11-10-17(2)12-18(22)3/h5-15H,4,16H2,1-3H3/b24-15+. The number of amides is 1. The minimum Gasteiger partial charge on any atom is -0.490 e. The van der Waals surface area contributed by atoms with Gasteiger partial charge in [0.05, 0.1) is 22.2 Å². The summed E-state index contributed by atoms with van der Waals surface area (Å²) in [6.45, 7) is 6.72. The molecule has 0 saturated carbocycles. The van der Waals surface area contributed by atoms with Crippen LogP contribution in [0.25, 0.3) is 6.08 Å². The van der Waals surface area contributed by atoms with Gasteiger partial charge in [0, 0.05) is 0 Å². The Labute approximate surface area is 214 Å². The highest BCUT2D eigenvalue weighted by Gasteiger charge is 2.34. The summed E-state index contributed by atoms with van der Waals surface area (Å²) < 4.78 is 12.3. The van der Waals surface area contributed by atoms with Gasteiger partial charge in [-0.15, -0.1) is 0 Å². The van der Waals surface area contributed by atoms with E-state index in [1.807, 2.05) is 75.4 Å². The summed E-state index contributed by atoms with van der Waals surface area (Å²) in [5.41, 5.74) is 4.70. The van der Waals surface area contributed by atoms with Crippen LogP contribution in [0.3, 0.4) is 0 Å². The fourth-order valence-electron chi connectivity index (χ4n) is 3.69. The Hall–Kier alpha value is -2.80. The third kappa shape index (κ3) is 5.30. The lowest BCUT2D eigenvalue weighted by atomic mass is 10.1. The van der Waals surface area contributed by atoms with Crippen LogP contribution >= 0.6 is 35.6 Å². The smallest absolute Gasteiger partial charge is 0.270 e. The fourth-order valence-corrected chi connectivity index (χ4v) is 5.25. The van der Waals surface area contributed by atoms with Crippen molar-refractivity contribution in [3.05, 3.63) is 92.8 Å². The first-order valence-electron chi connectivity index (χ1n) is 10.9. The molecule has 174 valence electrons. The molecule has 3 aromatic rings. The Morgan fingerprint density at radius 1 is 1.06 bits per heavy atom. The van der Waals surface area contributed by atoms with Crippen LogP contribution in [0.2, 0.25) is 5.02 Å². The Kier molecular flexibility index (Phi) is 7.61. The predicted octanol–water partition coefficient (Wildman–Crippen LogP) is 7.34. The molecule has 0 bridgehead atoms. The van der Waals surface area contributed by atoms with Crippen molar-refractivity contribution in [2.75, 3.05) is 11.5 Å². The zero-order valence-electron chi connectivity index (χ0n) is 19.1. The van der Waals surface area contributed by atoms with E-state index in [0.29, 0.717) is 39.0 Å². The van der Waals surface area contributed by atoms with Gasteiger partial charge < -0.3 is 9.47 Å². The van der Waals surface area contributed by atoms with Crippen molar-refractivity contribution >= 4 is 57.6 Å². The number of ether oxygens (including phenoxy) is 2. The number of thioether (sulfide) groups is 1. The molecule has 1 saturated heterocycles. The van der Waals surface area contributed by atoms with Crippen LogP contribution in [0.1, 0.15) is 29.2 Å². The van der Waals surface area contributed by atoms with Crippen molar-refractivity contribution in [2.24, 2.45) is 0 Å². The number of carbonyl (C=O) groups is 1. The first kappa shape index (κ1) is 24.3. The molecule has 4 nitrogen and oxygen atoms in total.